The molecule has 2 fully saturated rings. The lowest BCUT2D eigenvalue weighted by molar-refractivity contribution is -0.150. The van der Waals surface area contributed by atoms with Crippen LogP contribution in [0.1, 0.15) is 108 Å². The molecule has 15 nitrogen and oxygen atoms in total. The molecule has 430 valence electrons. The number of nitrogens with one attached hydrogen (secondary N) is 1. The fourth-order valence-electron chi connectivity index (χ4n) is 15.0. The van der Waals surface area contributed by atoms with Gasteiger partial charge in [0.05, 0.1) is 30.3 Å². The first-order valence-corrected chi connectivity index (χ1v) is 31.0. The van der Waals surface area contributed by atoms with Crippen molar-refractivity contribution in [1.29, 1.82) is 5.26 Å². The fourth-order valence-corrected chi connectivity index (χ4v) is 17.3. The number of nitrogens with zero attached hydrogens (tertiary/aromatic N) is 3. The van der Waals surface area contributed by atoms with Crippen molar-refractivity contribution >= 4 is 41.6 Å². The molecule has 5 aliphatic heterocycles. The summed E-state index contributed by atoms with van der Waals surface area (Å²) in [5.74, 6) is 2.20. The lowest BCUT2D eigenvalue weighted by atomic mass is 9.75. The van der Waals surface area contributed by atoms with Crippen LogP contribution in [0, 0.1) is 25.2 Å². The number of fused-ring (bicyclic) bond motifs is 16. The minimum absolute atomic E-state index is 0.0156. The average Bonchev–Trinajstić information content (AvgIpc) is 1.47. The van der Waals surface area contributed by atoms with Crippen LogP contribution in [0.25, 0.3) is 22.3 Å². The Kier molecular flexibility index (Phi) is 12.9. The zero-order chi connectivity index (χ0) is 58.3. The number of alkyl carbamates (subject to hydrolysis) is 1. The summed E-state index contributed by atoms with van der Waals surface area (Å²) < 4.78 is 37.7. The first kappa shape index (κ1) is 54.3. The van der Waals surface area contributed by atoms with Gasteiger partial charge >= 0.3 is 18.0 Å². The van der Waals surface area contributed by atoms with Crippen molar-refractivity contribution in [1.82, 2.24) is 15.1 Å². The first-order chi connectivity index (χ1) is 40.5. The van der Waals surface area contributed by atoms with Crippen LogP contribution in [-0.4, -0.2) is 106 Å². The van der Waals surface area contributed by atoms with Gasteiger partial charge in [-0.05, 0) is 116 Å². The van der Waals surface area contributed by atoms with Crippen LogP contribution in [0.15, 0.2) is 115 Å². The largest absolute Gasteiger partial charge is 0.507 e. The van der Waals surface area contributed by atoms with Gasteiger partial charge in [0.2, 0.25) is 6.79 Å². The predicted octanol–water partition coefficient (Wildman–Crippen LogP) is 10.8. The third-order valence-electron chi connectivity index (χ3n) is 18.5. The molecule has 84 heavy (non-hydrogen) atoms. The zero-order valence-corrected chi connectivity index (χ0v) is 49.5. The Bertz CT molecular complexity index is 3780. The summed E-state index contributed by atoms with van der Waals surface area (Å²) in [5, 5.41) is 26.9. The highest BCUT2D eigenvalue weighted by Crippen LogP contribution is 2.72. The fraction of sp³-hybridized carbons (Fsp3) is 0.373. The van der Waals surface area contributed by atoms with Crippen LogP contribution in [0.3, 0.4) is 0 Å². The molecule has 1 amide bonds. The molecule has 8 atom stereocenters. The number of nitriles is 1. The molecule has 0 aromatic heterocycles. The Morgan fingerprint density at radius 2 is 1.42 bits per heavy atom. The van der Waals surface area contributed by atoms with Gasteiger partial charge in [-0.3, -0.25) is 4.90 Å². The van der Waals surface area contributed by atoms with E-state index in [1.165, 1.54) is 44.5 Å². The zero-order valence-electron chi connectivity index (χ0n) is 47.8. The number of thioether (sulfide) groups is 2. The Hall–Kier alpha value is -7.62. The summed E-state index contributed by atoms with van der Waals surface area (Å²) in [4.78, 5) is 47.8. The van der Waals surface area contributed by atoms with E-state index in [9.17, 15) is 20.0 Å². The number of esters is 2. The topological polar surface area (TPSA) is 195 Å². The normalized spacial score (nSPS) is 23.9. The maximum atomic E-state index is 15.1. The molecule has 4 N–H and O–H groups in total. The van der Waals surface area contributed by atoms with E-state index in [0.717, 1.165) is 22.6 Å². The number of ether oxygens (including phenoxy) is 6. The number of benzene rings is 6. The molecule has 14 rings (SSSR count). The second-order valence-electron chi connectivity index (χ2n) is 24.5. The number of aromatic hydroxyl groups is 1. The van der Waals surface area contributed by atoms with Crippen LogP contribution >= 0.6 is 23.5 Å². The first-order valence-electron chi connectivity index (χ1n) is 28.7. The van der Waals surface area contributed by atoms with Crippen molar-refractivity contribution in [3.63, 3.8) is 0 Å². The molecule has 8 aliphatic rings. The second-order valence-corrected chi connectivity index (χ2v) is 26.6. The van der Waals surface area contributed by atoms with Crippen LogP contribution in [0.2, 0.25) is 0 Å². The molecule has 6 aromatic rings. The van der Waals surface area contributed by atoms with E-state index in [1.807, 2.05) is 31.2 Å². The van der Waals surface area contributed by atoms with Crippen LogP contribution in [-0.2, 0) is 36.6 Å². The highest BCUT2D eigenvalue weighted by atomic mass is 32.2. The van der Waals surface area contributed by atoms with Crippen LogP contribution in [0.5, 0.6) is 28.7 Å². The standard InChI is InChI=1S/C67H65N5O10S2/c1-34-24-47-54(60(58(34)77-7)81-62(74)48(69)31-83-29-45-40-20-12-8-16-36(40)37-17-9-13-21-41(37)45)56-50-25-44-55(61-59(78-33-79-61)35(2)57(44)73)67(71(50)52(28-68)51-26-66(47,6)72(51)56)27-53(67)80-63(75)49(70-64(76)82-65(3,4)5)32-84-30-46-42-22-14-10-18-38(42)39-19-11-15-23-43(39)46/h8-24,26,45-46,48-50,52-53,56,73H,25,27,29-33,69H2,1-7H3,(H,70,76)/t48-,49-,50-,52-,53?,56-,66+,67?/m0/s1. The number of aryl methyl sites for hydroxylation is 1. The number of amides is 1. The molecule has 0 bridgehead atoms. The molecule has 17 heteroatoms. The summed E-state index contributed by atoms with van der Waals surface area (Å²) in [6.07, 6.45) is 0.892. The van der Waals surface area contributed by atoms with Crippen molar-refractivity contribution in [3.05, 3.63) is 171 Å². The molecule has 2 unspecified atom stereocenters. The lowest BCUT2D eigenvalue weighted by Crippen LogP contribution is -2.68. The summed E-state index contributed by atoms with van der Waals surface area (Å²) >= 11 is 3.16. The summed E-state index contributed by atoms with van der Waals surface area (Å²) in [6, 6.07) is 34.2. The van der Waals surface area contributed by atoms with Crippen molar-refractivity contribution in [2.45, 2.75) is 119 Å². The maximum Gasteiger partial charge on any atom is 0.408 e. The van der Waals surface area contributed by atoms with E-state index in [4.69, 9.17) is 34.2 Å². The molecule has 1 saturated heterocycles. The molecule has 6 aromatic carbocycles. The van der Waals surface area contributed by atoms with Gasteiger partial charge in [-0.25, -0.2) is 14.4 Å². The molecule has 1 spiro atoms. The summed E-state index contributed by atoms with van der Waals surface area (Å²) in [5.41, 5.74) is 18.5. The Morgan fingerprint density at radius 3 is 1.99 bits per heavy atom. The number of phenols is 1. The van der Waals surface area contributed by atoms with Gasteiger partial charge in [0.1, 0.15) is 35.6 Å². The maximum absolute atomic E-state index is 15.1. The minimum atomic E-state index is -1.24. The Balaban J connectivity index is 0.793. The van der Waals surface area contributed by atoms with Gasteiger partial charge in [-0.1, -0.05) is 97.1 Å². The number of rotatable bonds is 14. The van der Waals surface area contributed by atoms with E-state index in [-0.39, 0.29) is 48.7 Å². The monoisotopic (exact) mass is 1160 g/mol. The number of methoxy groups -OCH3 is 1. The van der Waals surface area contributed by atoms with Crippen molar-refractivity contribution in [2.24, 2.45) is 5.73 Å². The van der Waals surface area contributed by atoms with Crippen molar-refractivity contribution < 1.29 is 47.9 Å². The summed E-state index contributed by atoms with van der Waals surface area (Å²) in [6.45, 7) is 11.0. The van der Waals surface area contributed by atoms with Gasteiger partial charge in [-0.15, -0.1) is 0 Å². The number of phenolic OH excluding ortho intramolecular Hbond substituents is 1. The number of carbonyl (C=O) groups is 3. The van der Waals surface area contributed by atoms with E-state index in [0.29, 0.717) is 51.0 Å². The molecule has 3 aliphatic carbocycles. The highest BCUT2D eigenvalue weighted by Gasteiger charge is 2.75. The molecule has 0 radical (unpaired) electrons. The number of hydrogen-bond acceptors (Lipinski definition) is 16. The smallest absolute Gasteiger partial charge is 0.408 e. The minimum Gasteiger partial charge on any atom is -0.507 e. The number of piperazine rings is 1. The molecular formula is C67H65N5O10S2. The van der Waals surface area contributed by atoms with Crippen LogP contribution in [0.4, 0.5) is 4.79 Å². The SMILES string of the molecule is COc1c(C)cc2c(c1OC(=O)[C@@H](N)CSCC1c3ccccc3-c3ccccc31)[C@@H]1[C@@H]3Cc4c(O)c(C)c5c(c4C4(CC4OC(=O)[C@H](CSCC4c6ccccc6-c6ccccc64)NC(=O)OC(C)(C)C)N3[C@@H](C#N)C3=C[C@@]2(C)N31)OCO5. The van der Waals surface area contributed by atoms with Gasteiger partial charge in [0.15, 0.2) is 23.0 Å². The van der Waals surface area contributed by atoms with Crippen molar-refractivity contribution in [3.8, 4) is 57.1 Å². The highest BCUT2D eigenvalue weighted by molar-refractivity contribution is 7.99. The van der Waals surface area contributed by atoms with Gasteiger partial charge in [0, 0.05) is 75.3 Å². The second kappa shape index (κ2) is 20.0. The molecular weight excluding hydrogens is 1100 g/mol. The summed E-state index contributed by atoms with van der Waals surface area (Å²) in [7, 11) is 1.56. The lowest BCUT2D eigenvalue weighted by Gasteiger charge is -2.61. The third kappa shape index (κ3) is 8.17. The Morgan fingerprint density at radius 1 is 0.845 bits per heavy atom. The van der Waals surface area contributed by atoms with E-state index in [2.05, 4.69) is 113 Å². The quantitative estimate of drug-likeness (QED) is 0.0688. The third-order valence-corrected chi connectivity index (χ3v) is 20.8. The van der Waals surface area contributed by atoms with Crippen molar-refractivity contribution in [2.75, 3.05) is 36.9 Å². The van der Waals surface area contributed by atoms with Gasteiger partial charge in [-0.2, -0.15) is 28.8 Å². The van der Waals surface area contributed by atoms with Gasteiger partial charge < -0.3 is 49.5 Å². The number of carbonyl (C=O) groups excluding carboxylic acids is 3. The van der Waals surface area contributed by atoms with E-state index >= 15 is 4.79 Å². The predicted molar refractivity (Wildman–Crippen MR) is 320 cm³/mol. The molecule has 1 saturated carbocycles. The Labute approximate surface area is 496 Å². The van der Waals surface area contributed by atoms with Crippen LogP contribution < -0.4 is 30.0 Å². The number of nitrogens with two attached hydrogens (primary N) is 1. The van der Waals surface area contributed by atoms with Gasteiger partial charge in [0.25, 0.3) is 0 Å². The van der Waals surface area contributed by atoms with E-state index < -0.39 is 71.0 Å². The number of hydrogen-bond donors (Lipinski definition) is 3. The van der Waals surface area contributed by atoms with E-state index in [1.54, 1.807) is 58.3 Å². The average molecular weight is 1160 g/mol. The molecule has 5 heterocycles.